The van der Waals surface area contributed by atoms with Crippen molar-refractivity contribution >= 4 is 5.70 Å². The minimum atomic E-state index is -0.318. The van der Waals surface area contributed by atoms with E-state index < -0.39 is 0 Å². The first-order valence-corrected chi connectivity index (χ1v) is 5.06. The summed E-state index contributed by atoms with van der Waals surface area (Å²) >= 11 is 0. The summed E-state index contributed by atoms with van der Waals surface area (Å²) in [5.41, 5.74) is 0.868. The summed E-state index contributed by atoms with van der Waals surface area (Å²) in [6.07, 6.45) is 2.62. The minimum absolute atomic E-state index is 0.199. The van der Waals surface area contributed by atoms with Gasteiger partial charge in [-0.05, 0) is 30.5 Å². The number of hydrogen-bond donors (Lipinski definition) is 0. The van der Waals surface area contributed by atoms with Gasteiger partial charge < -0.3 is 0 Å². The summed E-state index contributed by atoms with van der Waals surface area (Å²) in [4.78, 5) is 10.6. The van der Waals surface area contributed by atoms with Crippen LogP contribution in [0.3, 0.4) is 0 Å². The maximum Gasteiger partial charge on any atom is 0.272 e. The summed E-state index contributed by atoms with van der Waals surface area (Å²) in [6, 6.07) is 8.99. The van der Waals surface area contributed by atoms with E-state index in [1.54, 1.807) is 18.2 Å². The molecule has 3 heteroatoms. The number of nitrogens with zero attached hydrogens (tertiary/aromatic N) is 1. The highest BCUT2D eigenvalue weighted by Gasteiger charge is 2.14. The van der Waals surface area contributed by atoms with Crippen LogP contribution in [0.4, 0.5) is 0 Å². The molecule has 0 aliphatic rings. The Labute approximate surface area is 89.6 Å². The predicted molar refractivity (Wildman–Crippen MR) is 60.9 cm³/mol. The quantitative estimate of drug-likeness (QED) is 0.558. The second kappa shape index (κ2) is 5.29. The Bertz CT molecular complexity index is 357. The molecule has 0 N–H and O–H groups in total. The van der Waals surface area contributed by atoms with Crippen LogP contribution in [-0.2, 0) is 0 Å². The van der Waals surface area contributed by atoms with Gasteiger partial charge in [0.15, 0.2) is 0 Å². The van der Waals surface area contributed by atoms with Crippen LogP contribution in [0.2, 0.25) is 0 Å². The standard InChI is InChI=1S/C12H15NO2/c1-3-10(2)9-12(13(14)15)11-7-5-4-6-8-11/h4-10H,3H2,1-2H3/b12-9+. The maximum atomic E-state index is 10.9. The second-order valence-corrected chi connectivity index (χ2v) is 3.56. The maximum absolute atomic E-state index is 10.9. The first kappa shape index (κ1) is 11.4. The van der Waals surface area contributed by atoms with E-state index in [4.69, 9.17) is 0 Å². The predicted octanol–water partition coefficient (Wildman–Crippen LogP) is 3.35. The van der Waals surface area contributed by atoms with Crippen LogP contribution in [-0.4, -0.2) is 4.92 Å². The Hall–Kier alpha value is -1.64. The molecule has 1 atom stereocenters. The molecule has 0 aliphatic carbocycles. The molecule has 0 bridgehead atoms. The highest BCUT2D eigenvalue weighted by molar-refractivity contribution is 5.58. The Morgan fingerprint density at radius 2 is 2.07 bits per heavy atom. The van der Waals surface area contributed by atoms with Gasteiger partial charge in [-0.15, -0.1) is 0 Å². The van der Waals surface area contributed by atoms with Gasteiger partial charge in [-0.3, -0.25) is 10.1 Å². The fourth-order valence-electron chi connectivity index (χ4n) is 1.26. The average Bonchev–Trinajstić information content (AvgIpc) is 2.26. The van der Waals surface area contributed by atoms with E-state index in [1.165, 1.54) is 0 Å². The number of benzene rings is 1. The Kier molecular flexibility index (Phi) is 4.03. The van der Waals surface area contributed by atoms with Crippen molar-refractivity contribution in [2.75, 3.05) is 0 Å². The Balaban J connectivity index is 3.04. The molecular weight excluding hydrogens is 190 g/mol. The van der Waals surface area contributed by atoms with Crippen LogP contribution in [0.15, 0.2) is 36.4 Å². The normalized spacial score (nSPS) is 13.6. The summed E-state index contributed by atoms with van der Waals surface area (Å²) < 4.78 is 0. The van der Waals surface area contributed by atoms with Crippen molar-refractivity contribution in [3.05, 3.63) is 52.1 Å². The van der Waals surface area contributed by atoms with Crippen molar-refractivity contribution < 1.29 is 4.92 Å². The zero-order valence-corrected chi connectivity index (χ0v) is 9.01. The van der Waals surface area contributed by atoms with Crippen LogP contribution in [0.25, 0.3) is 5.70 Å². The van der Waals surface area contributed by atoms with E-state index in [2.05, 4.69) is 0 Å². The van der Waals surface area contributed by atoms with Crippen LogP contribution >= 0.6 is 0 Å². The van der Waals surface area contributed by atoms with Gasteiger partial charge in [-0.1, -0.05) is 32.0 Å². The van der Waals surface area contributed by atoms with E-state index in [9.17, 15) is 10.1 Å². The molecule has 1 rings (SSSR count). The molecule has 3 nitrogen and oxygen atoms in total. The smallest absolute Gasteiger partial charge is 0.258 e. The van der Waals surface area contributed by atoms with Crippen molar-refractivity contribution in [1.82, 2.24) is 0 Å². The lowest BCUT2D eigenvalue weighted by Crippen LogP contribution is -2.00. The molecule has 1 aromatic carbocycles. The molecule has 0 aromatic heterocycles. The highest BCUT2D eigenvalue weighted by atomic mass is 16.6. The van der Waals surface area contributed by atoms with E-state index in [0.717, 1.165) is 6.42 Å². The third-order valence-corrected chi connectivity index (χ3v) is 2.35. The van der Waals surface area contributed by atoms with Crippen molar-refractivity contribution in [3.63, 3.8) is 0 Å². The molecule has 1 unspecified atom stereocenters. The molecule has 15 heavy (non-hydrogen) atoms. The van der Waals surface area contributed by atoms with Crippen molar-refractivity contribution in [1.29, 1.82) is 0 Å². The molecule has 0 aliphatic heterocycles. The molecular formula is C12H15NO2. The zero-order chi connectivity index (χ0) is 11.3. The summed E-state index contributed by atoms with van der Waals surface area (Å²) in [5.74, 6) is 0.227. The number of nitro groups is 1. The largest absolute Gasteiger partial charge is 0.272 e. The van der Waals surface area contributed by atoms with Gasteiger partial charge in [0.25, 0.3) is 5.70 Å². The van der Waals surface area contributed by atoms with Crippen molar-refractivity contribution in [2.45, 2.75) is 20.3 Å². The number of rotatable bonds is 4. The van der Waals surface area contributed by atoms with Crippen molar-refractivity contribution in [3.8, 4) is 0 Å². The molecule has 0 saturated carbocycles. The molecule has 1 aromatic rings. The third kappa shape index (κ3) is 3.20. The average molecular weight is 205 g/mol. The summed E-state index contributed by atoms with van der Waals surface area (Å²) in [6.45, 7) is 4.00. The minimum Gasteiger partial charge on any atom is -0.258 e. The van der Waals surface area contributed by atoms with Crippen LogP contribution in [0, 0.1) is 16.0 Å². The lowest BCUT2D eigenvalue weighted by atomic mass is 10.0. The van der Waals surface area contributed by atoms with Gasteiger partial charge in [0.1, 0.15) is 0 Å². The molecule has 80 valence electrons. The third-order valence-electron chi connectivity index (χ3n) is 2.35. The summed E-state index contributed by atoms with van der Waals surface area (Å²) in [5, 5.41) is 10.9. The molecule has 0 heterocycles. The van der Waals surface area contributed by atoms with Gasteiger partial charge in [0.05, 0.1) is 10.5 Å². The van der Waals surface area contributed by atoms with Crippen LogP contribution in [0.1, 0.15) is 25.8 Å². The van der Waals surface area contributed by atoms with E-state index >= 15 is 0 Å². The molecule has 0 radical (unpaired) electrons. The van der Waals surface area contributed by atoms with Gasteiger partial charge in [-0.25, -0.2) is 0 Å². The summed E-state index contributed by atoms with van der Waals surface area (Å²) in [7, 11) is 0. The van der Waals surface area contributed by atoms with Crippen LogP contribution < -0.4 is 0 Å². The number of allylic oxidation sites excluding steroid dienone is 1. The molecule has 0 fully saturated rings. The Morgan fingerprint density at radius 1 is 1.47 bits per heavy atom. The van der Waals surface area contributed by atoms with Gasteiger partial charge in [0, 0.05) is 0 Å². The topological polar surface area (TPSA) is 43.1 Å². The second-order valence-electron chi connectivity index (χ2n) is 3.56. The van der Waals surface area contributed by atoms with E-state index in [0.29, 0.717) is 5.56 Å². The van der Waals surface area contributed by atoms with Crippen LogP contribution in [0.5, 0.6) is 0 Å². The SMILES string of the molecule is CCC(C)/C=C(\c1ccccc1)[N+](=O)[O-]. The Morgan fingerprint density at radius 3 is 2.53 bits per heavy atom. The monoisotopic (exact) mass is 205 g/mol. The zero-order valence-electron chi connectivity index (χ0n) is 9.01. The van der Waals surface area contributed by atoms with Gasteiger partial charge in [0.2, 0.25) is 0 Å². The highest BCUT2D eigenvalue weighted by Crippen LogP contribution is 2.18. The van der Waals surface area contributed by atoms with E-state index in [-0.39, 0.29) is 16.5 Å². The van der Waals surface area contributed by atoms with Crippen molar-refractivity contribution in [2.24, 2.45) is 5.92 Å². The fourth-order valence-corrected chi connectivity index (χ4v) is 1.26. The van der Waals surface area contributed by atoms with Gasteiger partial charge in [-0.2, -0.15) is 0 Å². The molecule has 0 saturated heterocycles. The van der Waals surface area contributed by atoms with E-state index in [1.807, 2.05) is 32.0 Å². The fraction of sp³-hybridized carbons (Fsp3) is 0.333. The molecule has 0 amide bonds. The van der Waals surface area contributed by atoms with Gasteiger partial charge >= 0.3 is 0 Å². The first-order chi connectivity index (χ1) is 7.15. The lowest BCUT2D eigenvalue weighted by Gasteiger charge is -2.02. The molecule has 0 spiro atoms. The number of hydrogen-bond acceptors (Lipinski definition) is 2. The first-order valence-electron chi connectivity index (χ1n) is 5.06. The lowest BCUT2D eigenvalue weighted by molar-refractivity contribution is -0.375.